The van der Waals surface area contributed by atoms with Gasteiger partial charge in [-0.05, 0) is 28.8 Å². The lowest BCUT2D eigenvalue weighted by Crippen LogP contribution is -2.40. The third kappa shape index (κ3) is 1.71. The van der Waals surface area contributed by atoms with Crippen LogP contribution in [0, 0.1) is 0 Å². The highest BCUT2D eigenvalue weighted by atomic mass is 79.9. The third-order valence-electron chi connectivity index (χ3n) is 4.94. The number of anilines is 1. The number of aromatic nitrogens is 3. The Morgan fingerprint density at radius 2 is 2.14 bits per heavy atom. The molecule has 0 unspecified atom stereocenters. The molecule has 6 nitrogen and oxygen atoms in total. The van der Waals surface area contributed by atoms with E-state index in [-0.39, 0.29) is 12.1 Å². The van der Waals surface area contributed by atoms with Crippen molar-refractivity contribution in [2.24, 2.45) is 0 Å². The quantitative estimate of drug-likeness (QED) is 0.859. The van der Waals surface area contributed by atoms with Gasteiger partial charge in [0, 0.05) is 18.7 Å². The van der Waals surface area contributed by atoms with Crippen LogP contribution in [0.4, 0.5) is 5.82 Å². The molecular formula is C14H18BrN5O. The van der Waals surface area contributed by atoms with E-state index in [2.05, 4.69) is 25.9 Å². The minimum absolute atomic E-state index is 0.0440. The van der Waals surface area contributed by atoms with Crippen LogP contribution in [0.1, 0.15) is 36.9 Å². The normalized spacial score (nSPS) is 20.7. The fraction of sp³-hybridized carbons (Fsp3) is 0.571. The molecule has 21 heavy (non-hydrogen) atoms. The summed E-state index contributed by atoms with van der Waals surface area (Å²) in [6.45, 7) is 1.58. The molecule has 0 amide bonds. The smallest absolute Gasteiger partial charge is 0.171 e. The monoisotopic (exact) mass is 351 g/mol. The van der Waals surface area contributed by atoms with E-state index in [1.807, 2.05) is 0 Å². The summed E-state index contributed by atoms with van der Waals surface area (Å²) in [6, 6.07) is 0. The number of hydrogen-bond donors (Lipinski definition) is 2. The van der Waals surface area contributed by atoms with Gasteiger partial charge in [0.05, 0.1) is 28.5 Å². The molecule has 7 heteroatoms. The molecule has 3 heterocycles. The number of halogens is 1. The number of nitrogen functional groups attached to an aromatic ring is 1. The molecule has 2 aromatic heterocycles. The molecule has 1 saturated carbocycles. The summed E-state index contributed by atoms with van der Waals surface area (Å²) in [5.74, 6) is 0.674. The fourth-order valence-corrected chi connectivity index (χ4v) is 4.33. The second-order valence-corrected chi connectivity index (χ2v) is 6.79. The predicted octanol–water partition coefficient (Wildman–Crippen LogP) is 1.65. The van der Waals surface area contributed by atoms with Gasteiger partial charge in [-0.15, -0.1) is 0 Å². The minimum atomic E-state index is -0.0440. The van der Waals surface area contributed by atoms with Gasteiger partial charge in [-0.3, -0.25) is 4.90 Å². The van der Waals surface area contributed by atoms with Crippen molar-refractivity contribution in [2.75, 3.05) is 18.9 Å². The van der Waals surface area contributed by atoms with Gasteiger partial charge in [0.15, 0.2) is 5.65 Å². The van der Waals surface area contributed by atoms with Crippen LogP contribution in [-0.4, -0.2) is 37.8 Å². The Balaban J connectivity index is 1.96. The van der Waals surface area contributed by atoms with E-state index in [1.54, 1.807) is 10.7 Å². The fourth-order valence-electron chi connectivity index (χ4n) is 3.98. The van der Waals surface area contributed by atoms with Crippen LogP contribution in [0.15, 0.2) is 10.7 Å². The van der Waals surface area contributed by atoms with Gasteiger partial charge in [0.2, 0.25) is 0 Å². The third-order valence-corrected chi connectivity index (χ3v) is 5.50. The molecule has 1 aliphatic carbocycles. The maximum Gasteiger partial charge on any atom is 0.171 e. The van der Waals surface area contributed by atoms with Crippen molar-refractivity contribution in [3.05, 3.63) is 21.9 Å². The molecule has 4 rings (SSSR count). The van der Waals surface area contributed by atoms with Crippen LogP contribution in [0.25, 0.3) is 5.65 Å². The number of nitrogens with two attached hydrogens (primary N) is 1. The molecule has 0 saturated heterocycles. The summed E-state index contributed by atoms with van der Waals surface area (Å²) in [6.07, 6.45) is 6.33. The van der Waals surface area contributed by atoms with E-state index >= 15 is 0 Å². The molecule has 0 atom stereocenters. The molecule has 112 valence electrons. The zero-order valence-electron chi connectivity index (χ0n) is 11.7. The molecule has 0 bridgehead atoms. The van der Waals surface area contributed by atoms with Gasteiger partial charge in [-0.2, -0.15) is 9.61 Å². The Bertz CT molecular complexity index is 707. The maximum absolute atomic E-state index is 9.39. The number of aliphatic hydroxyl groups is 1. The molecular weight excluding hydrogens is 334 g/mol. The van der Waals surface area contributed by atoms with Gasteiger partial charge in [0.25, 0.3) is 0 Å². The second-order valence-electron chi connectivity index (χ2n) is 5.94. The van der Waals surface area contributed by atoms with Crippen LogP contribution < -0.4 is 5.73 Å². The topological polar surface area (TPSA) is 79.7 Å². The Labute approximate surface area is 131 Å². The summed E-state index contributed by atoms with van der Waals surface area (Å²) in [4.78, 5) is 7.24. The summed E-state index contributed by atoms with van der Waals surface area (Å²) in [5.41, 5.74) is 9.25. The molecule has 1 fully saturated rings. The Morgan fingerprint density at radius 3 is 2.86 bits per heavy atom. The molecule has 0 aromatic carbocycles. The van der Waals surface area contributed by atoms with E-state index in [1.165, 1.54) is 12.8 Å². The first-order chi connectivity index (χ1) is 10.2. The lowest BCUT2D eigenvalue weighted by atomic mass is 9.92. The molecule has 0 radical (unpaired) electrons. The first-order valence-electron chi connectivity index (χ1n) is 7.35. The van der Waals surface area contributed by atoms with Crippen molar-refractivity contribution in [1.82, 2.24) is 19.5 Å². The molecule has 2 aliphatic rings. The minimum Gasteiger partial charge on any atom is -0.395 e. The summed E-state index contributed by atoms with van der Waals surface area (Å²) >= 11 is 3.50. The first kappa shape index (κ1) is 13.5. The summed E-state index contributed by atoms with van der Waals surface area (Å²) in [7, 11) is 0. The van der Waals surface area contributed by atoms with E-state index in [0.29, 0.717) is 12.4 Å². The van der Waals surface area contributed by atoms with Crippen molar-refractivity contribution in [3.63, 3.8) is 0 Å². The number of fused-ring (bicyclic) bond motifs is 3. The van der Waals surface area contributed by atoms with Gasteiger partial charge in [-0.1, -0.05) is 12.8 Å². The standard InChI is InChI=1S/C14H18BrN5O/c15-10-7-17-20-12(16)9-8-19(5-6-21)14(3-1-2-4-14)11(9)18-13(10)20/h7,21H,1-6,8,16H2. The number of β-amino-alcohol motifs (C(OH)–C–C–N with tert-alkyl or cyclic N) is 1. The van der Waals surface area contributed by atoms with Crippen LogP contribution in [0.3, 0.4) is 0 Å². The average molecular weight is 352 g/mol. The van der Waals surface area contributed by atoms with E-state index in [0.717, 1.165) is 40.8 Å². The Hall–Kier alpha value is -1.18. The summed E-state index contributed by atoms with van der Waals surface area (Å²) in [5, 5.41) is 13.7. The van der Waals surface area contributed by atoms with Gasteiger partial charge in [0.1, 0.15) is 5.82 Å². The lowest BCUT2D eigenvalue weighted by molar-refractivity contribution is 0.0799. The number of rotatable bonds is 2. The van der Waals surface area contributed by atoms with E-state index in [4.69, 9.17) is 10.7 Å². The number of nitrogens with zero attached hydrogens (tertiary/aromatic N) is 4. The SMILES string of the molecule is Nc1c2c(nc3c(Br)cnn13)C1(CCCC1)N(CCO)C2. The van der Waals surface area contributed by atoms with Crippen LogP contribution >= 0.6 is 15.9 Å². The van der Waals surface area contributed by atoms with E-state index < -0.39 is 0 Å². The Kier molecular flexibility index (Phi) is 2.99. The second kappa shape index (κ2) is 4.66. The van der Waals surface area contributed by atoms with E-state index in [9.17, 15) is 5.11 Å². The average Bonchev–Trinajstić information content (AvgIpc) is 3.15. The van der Waals surface area contributed by atoms with Crippen molar-refractivity contribution in [3.8, 4) is 0 Å². The molecule has 2 aromatic rings. The lowest BCUT2D eigenvalue weighted by Gasteiger charge is -2.34. The molecule has 3 N–H and O–H groups in total. The highest BCUT2D eigenvalue weighted by Crippen LogP contribution is 2.50. The van der Waals surface area contributed by atoms with Crippen molar-refractivity contribution in [1.29, 1.82) is 0 Å². The maximum atomic E-state index is 9.39. The molecule has 1 spiro atoms. The number of hydrogen-bond acceptors (Lipinski definition) is 5. The highest BCUT2D eigenvalue weighted by Gasteiger charge is 2.49. The zero-order chi connectivity index (χ0) is 14.6. The van der Waals surface area contributed by atoms with Crippen molar-refractivity contribution >= 4 is 27.4 Å². The van der Waals surface area contributed by atoms with Gasteiger partial charge >= 0.3 is 0 Å². The predicted molar refractivity (Wildman–Crippen MR) is 82.7 cm³/mol. The van der Waals surface area contributed by atoms with Crippen LogP contribution in [-0.2, 0) is 12.1 Å². The van der Waals surface area contributed by atoms with Crippen molar-refractivity contribution in [2.45, 2.75) is 37.8 Å². The zero-order valence-corrected chi connectivity index (χ0v) is 13.3. The van der Waals surface area contributed by atoms with Crippen LogP contribution in [0.5, 0.6) is 0 Å². The van der Waals surface area contributed by atoms with Crippen LogP contribution in [0.2, 0.25) is 0 Å². The largest absolute Gasteiger partial charge is 0.395 e. The van der Waals surface area contributed by atoms with Gasteiger partial charge < -0.3 is 10.8 Å². The number of aliphatic hydroxyl groups excluding tert-OH is 1. The summed E-state index contributed by atoms with van der Waals surface area (Å²) < 4.78 is 2.57. The Morgan fingerprint density at radius 1 is 1.38 bits per heavy atom. The first-order valence-corrected chi connectivity index (χ1v) is 8.14. The van der Waals surface area contributed by atoms with Crippen molar-refractivity contribution < 1.29 is 5.11 Å². The highest BCUT2D eigenvalue weighted by molar-refractivity contribution is 9.10. The van der Waals surface area contributed by atoms with Gasteiger partial charge in [-0.25, -0.2) is 4.98 Å². The molecule has 1 aliphatic heterocycles.